The van der Waals surface area contributed by atoms with Crippen LogP contribution in [-0.4, -0.2) is 25.2 Å². The van der Waals surface area contributed by atoms with Gasteiger partial charge < -0.3 is 9.47 Å². The number of ether oxygens (including phenoxy) is 2. The summed E-state index contributed by atoms with van der Waals surface area (Å²) in [7, 11) is 0. The van der Waals surface area contributed by atoms with Crippen LogP contribution in [0.15, 0.2) is 46.6 Å². The Labute approximate surface area is 298 Å². The van der Waals surface area contributed by atoms with Gasteiger partial charge in [-0.2, -0.15) is 0 Å². The van der Waals surface area contributed by atoms with Crippen molar-refractivity contribution in [3.05, 3.63) is 46.6 Å². The summed E-state index contributed by atoms with van der Waals surface area (Å²) in [6.07, 6.45) is 38.2. The van der Waals surface area contributed by atoms with Gasteiger partial charge in [-0.3, -0.25) is 9.59 Å². The molecule has 0 atom stereocenters. The van der Waals surface area contributed by atoms with Crippen LogP contribution in [-0.2, 0) is 19.1 Å². The maximum atomic E-state index is 12.5. The summed E-state index contributed by atoms with van der Waals surface area (Å²) in [5, 5.41) is 0. The van der Waals surface area contributed by atoms with Gasteiger partial charge in [-0.15, -0.1) is 0 Å². The monoisotopic (exact) mass is 671 g/mol. The van der Waals surface area contributed by atoms with E-state index in [0.717, 1.165) is 64.2 Å². The topological polar surface area (TPSA) is 52.6 Å². The van der Waals surface area contributed by atoms with E-state index in [1.807, 2.05) is 6.08 Å². The van der Waals surface area contributed by atoms with Crippen LogP contribution < -0.4 is 0 Å². The fourth-order valence-corrected chi connectivity index (χ4v) is 5.79. The van der Waals surface area contributed by atoms with E-state index in [9.17, 15) is 9.59 Å². The molecule has 0 heterocycles. The van der Waals surface area contributed by atoms with Crippen LogP contribution in [0.4, 0.5) is 0 Å². The van der Waals surface area contributed by atoms with E-state index in [0.29, 0.717) is 26.1 Å². The molecule has 0 saturated carbocycles. The molecule has 0 aromatic rings. The molecule has 4 nitrogen and oxygen atoms in total. The smallest absolute Gasteiger partial charge is 0.306 e. The van der Waals surface area contributed by atoms with E-state index in [4.69, 9.17) is 9.47 Å². The molecule has 4 heteroatoms. The first kappa shape index (κ1) is 45.9. The summed E-state index contributed by atoms with van der Waals surface area (Å²) in [6, 6.07) is 0. The average molecular weight is 671 g/mol. The molecule has 0 saturated heterocycles. The van der Waals surface area contributed by atoms with Gasteiger partial charge >= 0.3 is 11.9 Å². The summed E-state index contributed by atoms with van der Waals surface area (Å²) >= 11 is 0. The van der Waals surface area contributed by atoms with Crippen LogP contribution in [0.1, 0.15) is 208 Å². The number of rotatable bonds is 33. The first-order valence-corrected chi connectivity index (χ1v) is 20.2. The SMILES string of the molecule is CCCCCCCCCCCC(=O)OC/C=C(\C)CC/C=C(/CC/C=C(\C)CCC=C(C)C)COC(=O)CCCCCCCCCCC. The summed E-state index contributed by atoms with van der Waals surface area (Å²) in [5.41, 5.74) is 5.21. The van der Waals surface area contributed by atoms with Gasteiger partial charge in [0.05, 0.1) is 0 Å². The Hall–Kier alpha value is -2.10. The first-order chi connectivity index (χ1) is 23.3. The van der Waals surface area contributed by atoms with Crippen LogP contribution in [0.25, 0.3) is 0 Å². The zero-order valence-electron chi connectivity index (χ0n) is 32.7. The first-order valence-electron chi connectivity index (χ1n) is 20.2. The Morgan fingerprint density at radius 1 is 0.438 bits per heavy atom. The number of hydrogen-bond donors (Lipinski definition) is 0. The van der Waals surface area contributed by atoms with Gasteiger partial charge in [0, 0.05) is 12.8 Å². The highest BCUT2D eigenvalue weighted by Gasteiger charge is 2.06. The highest BCUT2D eigenvalue weighted by molar-refractivity contribution is 5.69. The van der Waals surface area contributed by atoms with Crippen molar-refractivity contribution in [2.24, 2.45) is 0 Å². The molecule has 0 bridgehead atoms. The van der Waals surface area contributed by atoms with Gasteiger partial charge in [-0.1, -0.05) is 152 Å². The third-order valence-electron chi connectivity index (χ3n) is 9.08. The van der Waals surface area contributed by atoms with Crippen molar-refractivity contribution in [2.45, 2.75) is 208 Å². The lowest BCUT2D eigenvalue weighted by atomic mass is 10.0. The maximum absolute atomic E-state index is 12.5. The van der Waals surface area contributed by atoms with Gasteiger partial charge in [-0.05, 0) is 90.7 Å². The molecule has 0 aliphatic heterocycles. The van der Waals surface area contributed by atoms with Crippen LogP contribution in [0.2, 0.25) is 0 Å². The molecule has 0 spiro atoms. The van der Waals surface area contributed by atoms with Gasteiger partial charge in [0.15, 0.2) is 0 Å². The third kappa shape index (κ3) is 33.8. The molecule has 0 rings (SSSR count). The summed E-state index contributed by atoms with van der Waals surface area (Å²) in [4.78, 5) is 24.6. The molecule has 0 radical (unpaired) electrons. The Balaban J connectivity index is 4.56. The lowest BCUT2D eigenvalue weighted by Gasteiger charge is -2.10. The molecule has 0 fully saturated rings. The second-order valence-corrected chi connectivity index (χ2v) is 14.4. The molecule has 0 aromatic heterocycles. The molecule has 0 aliphatic carbocycles. The van der Waals surface area contributed by atoms with Crippen LogP contribution in [0.5, 0.6) is 0 Å². The zero-order valence-corrected chi connectivity index (χ0v) is 32.7. The fourth-order valence-electron chi connectivity index (χ4n) is 5.79. The van der Waals surface area contributed by atoms with Crippen molar-refractivity contribution in [2.75, 3.05) is 13.2 Å². The highest BCUT2D eigenvalue weighted by Crippen LogP contribution is 2.16. The van der Waals surface area contributed by atoms with E-state index in [1.165, 1.54) is 112 Å². The van der Waals surface area contributed by atoms with Gasteiger partial charge in [0.1, 0.15) is 13.2 Å². The Kier molecular flexibility index (Phi) is 33.2. The molecule has 278 valence electrons. The molecular weight excluding hydrogens is 592 g/mol. The number of unbranched alkanes of at least 4 members (excludes halogenated alkanes) is 16. The van der Waals surface area contributed by atoms with Crippen molar-refractivity contribution in [3.8, 4) is 0 Å². The van der Waals surface area contributed by atoms with Gasteiger partial charge in [0.2, 0.25) is 0 Å². The predicted molar refractivity (Wildman–Crippen MR) is 208 cm³/mol. The largest absolute Gasteiger partial charge is 0.461 e. The quantitative estimate of drug-likeness (QED) is 0.0396. The average Bonchev–Trinajstić information content (AvgIpc) is 3.05. The van der Waals surface area contributed by atoms with Crippen molar-refractivity contribution in [1.29, 1.82) is 0 Å². The fraction of sp³-hybridized carbons (Fsp3) is 0.773. The lowest BCUT2D eigenvalue weighted by molar-refractivity contribution is -0.143. The molecular formula is C44H78O4. The maximum Gasteiger partial charge on any atom is 0.306 e. The lowest BCUT2D eigenvalue weighted by Crippen LogP contribution is -2.08. The summed E-state index contributed by atoms with van der Waals surface area (Å²) in [6.45, 7) is 13.9. The second-order valence-electron chi connectivity index (χ2n) is 14.4. The predicted octanol–water partition coefficient (Wildman–Crippen LogP) is 14.0. The second kappa shape index (κ2) is 34.8. The molecule has 0 unspecified atom stereocenters. The van der Waals surface area contributed by atoms with Crippen molar-refractivity contribution < 1.29 is 19.1 Å². The van der Waals surface area contributed by atoms with Crippen LogP contribution in [0.3, 0.4) is 0 Å². The minimum Gasteiger partial charge on any atom is -0.461 e. The molecule has 0 amide bonds. The van der Waals surface area contributed by atoms with Gasteiger partial charge in [0.25, 0.3) is 0 Å². The van der Waals surface area contributed by atoms with E-state index < -0.39 is 0 Å². The van der Waals surface area contributed by atoms with Crippen LogP contribution >= 0.6 is 0 Å². The van der Waals surface area contributed by atoms with E-state index >= 15 is 0 Å². The summed E-state index contributed by atoms with van der Waals surface area (Å²) < 4.78 is 11.2. The minimum atomic E-state index is -0.0856. The van der Waals surface area contributed by atoms with E-state index in [-0.39, 0.29) is 11.9 Å². The number of carbonyl (C=O) groups excluding carboxylic acids is 2. The third-order valence-corrected chi connectivity index (χ3v) is 9.08. The standard InChI is InChI=1S/C44H78O4/c1-7-9-11-13-15-17-19-21-23-34-43(45)47-37-36-41(6)31-27-33-42(32-26-30-40(5)29-25-28-39(3)4)38-48-44(46)35-24-22-20-18-16-14-12-10-8-2/h28,30,33,36H,7-27,29,31-32,34-35,37-38H2,1-6H3/b40-30+,41-36+,42-33-. The molecule has 48 heavy (non-hydrogen) atoms. The van der Waals surface area contributed by atoms with Crippen LogP contribution in [0, 0.1) is 0 Å². The molecule has 0 aromatic carbocycles. The Bertz CT molecular complexity index is 903. The number of carbonyl (C=O) groups is 2. The van der Waals surface area contributed by atoms with E-state index in [2.05, 4.69) is 59.8 Å². The minimum absolute atomic E-state index is 0.0717. The van der Waals surface area contributed by atoms with Crippen molar-refractivity contribution in [3.63, 3.8) is 0 Å². The Morgan fingerprint density at radius 2 is 0.854 bits per heavy atom. The number of hydrogen-bond acceptors (Lipinski definition) is 4. The molecule has 0 aliphatic rings. The Morgan fingerprint density at radius 3 is 1.35 bits per heavy atom. The summed E-state index contributed by atoms with van der Waals surface area (Å²) in [5.74, 6) is -0.157. The van der Waals surface area contributed by atoms with Crippen molar-refractivity contribution >= 4 is 11.9 Å². The zero-order chi connectivity index (χ0) is 35.5. The number of allylic oxidation sites excluding steroid dienone is 6. The van der Waals surface area contributed by atoms with Gasteiger partial charge in [-0.25, -0.2) is 0 Å². The van der Waals surface area contributed by atoms with Crippen molar-refractivity contribution in [1.82, 2.24) is 0 Å². The highest BCUT2D eigenvalue weighted by atomic mass is 16.5. The van der Waals surface area contributed by atoms with E-state index in [1.54, 1.807) is 0 Å². The molecule has 0 N–H and O–H groups in total. The normalized spacial score (nSPS) is 12.3. The number of esters is 2.